The number of anilines is 2. The average molecular weight is 785 g/mol. The van der Waals surface area contributed by atoms with Crippen molar-refractivity contribution in [3.8, 4) is 0 Å². The maximum atomic E-state index is 6.14. The molecule has 4 N–H and O–H groups in total. The van der Waals surface area contributed by atoms with Crippen LogP contribution >= 0.6 is 0 Å². The van der Waals surface area contributed by atoms with E-state index in [1.54, 1.807) is 0 Å². The summed E-state index contributed by atoms with van der Waals surface area (Å²) in [5.41, 5.74) is 25.6. The number of aryl methyl sites for hydroxylation is 4. The summed E-state index contributed by atoms with van der Waals surface area (Å²) in [6.07, 6.45) is 39.6. The third kappa shape index (κ3) is 20.0. The highest BCUT2D eigenvalue weighted by Gasteiger charge is 2.08. The molecule has 0 aromatic heterocycles. The zero-order valence-corrected chi connectivity index (χ0v) is 37.5. The highest BCUT2D eigenvalue weighted by molar-refractivity contribution is 5.47. The van der Waals surface area contributed by atoms with Crippen LogP contribution in [-0.2, 0) is 38.5 Å². The minimum Gasteiger partial charge on any atom is -0.399 e. The summed E-state index contributed by atoms with van der Waals surface area (Å²) in [5.74, 6) is 0. The van der Waals surface area contributed by atoms with Gasteiger partial charge in [-0.3, -0.25) is 0 Å². The minimum atomic E-state index is 0.894. The van der Waals surface area contributed by atoms with Crippen molar-refractivity contribution < 1.29 is 0 Å². The highest BCUT2D eigenvalue weighted by atomic mass is 14.5. The first-order valence-electron chi connectivity index (χ1n) is 24.4. The van der Waals surface area contributed by atoms with E-state index in [1.165, 1.54) is 211 Å². The number of hydrogen-bond donors (Lipinski definition) is 2. The van der Waals surface area contributed by atoms with E-state index in [4.69, 9.17) is 11.5 Å². The molecule has 0 aliphatic heterocycles. The molecule has 2 nitrogen and oxygen atoms in total. The molecule has 0 saturated heterocycles. The molecule has 0 aliphatic carbocycles. The Morgan fingerprint density at radius 3 is 0.879 bits per heavy atom. The van der Waals surface area contributed by atoms with E-state index < -0.39 is 0 Å². The lowest BCUT2D eigenvalue weighted by molar-refractivity contribution is 0.528. The largest absolute Gasteiger partial charge is 0.399 e. The first kappa shape index (κ1) is 47.2. The van der Waals surface area contributed by atoms with E-state index in [0.29, 0.717) is 0 Å². The Balaban J connectivity index is 0.925. The van der Waals surface area contributed by atoms with E-state index in [1.807, 2.05) is 0 Å². The van der Waals surface area contributed by atoms with Crippen LogP contribution in [0.4, 0.5) is 11.4 Å². The molecule has 58 heavy (non-hydrogen) atoms. The standard InChI is InChI=1S/C56H84N2/c1-3-5-7-25-29-51-45-55(57)41-39-53(51)43-49-35-31-47(32-36-49)27-23-21-19-17-15-13-11-9-10-12-14-16-18-20-22-24-28-48-33-37-50(38-34-48)44-54-40-42-56(58)46-52(54)30-26-8-6-4-2/h31-42,45-46H,3-30,43-44,57-58H2,1-2H3. The van der Waals surface area contributed by atoms with Crippen molar-refractivity contribution >= 4 is 11.4 Å². The molecule has 0 heterocycles. The van der Waals surface area contributed by atoms with Crippen molar-refractivity contribution in [1.82, 2.24) is 0 Å². The molecule has 0 unspecified atom stereocenters. The van der Waals surface area contributed by atoms with Crippen LogP contribution in [0.1, 0.15) is 212 Å². The maximum absolute atomic E-state index is 6.14. The number of unbranched alkanes of at least 4 members (excludes halogenated alkanes) is 21. The van der Waals surface area contributed by atoms with Gasteiger partial charge < -0.3 is 11.5 Å². The summed E-state index contributed by atoms with van der Waals surface area (Å²) >= 11 is 0. The molecule has 318 valence electrons. The molecule has 0 radical (unpaired) electrons. The predicted molar refractivity (Wildman–Crippen MR) is 257 cm³/mol. The van der Waals surface area contributed by atoms with Crippen molar-refractivity contribution in [3.05, 3.63) is 129 Å². The molecule has 0 amide bonds. The van der Waals surface area contributed by atoms with Crippen LogP contribution in [-0.4, -0.2) is 0 Å². The maximum Gasteiger partial charge on any atom is 0.0316 e. The lowest BCUT2D eigenvalue weighted by atomic mass is 9.94. The Kier molecular flexibility index (Phi) is 24.1. The van der Waals surface area contributed by atoms with Crippen LogP contribution in [0, 0.1) is 0 Å². The molecule has 0 bridgehead atoms. The highest BCUT2D eigenvalue weighted by Crippen LogP contribution is 2.23. The summed E-state index contributed by atoms with van der Waals surface area (Å²) in [6.45, 7) is 4.55. The summed E-state index contributed by atoms with van der Waals surface area (Å²) in [4.78, 5) is 0. The van der Waals surface area contributed by atoms with Gasteiger partial charge >= 0.3 is 0 Å². The Labute approximate surface area is 357 Å². The van der Waals surface area contributed by atoms with Crippen LogP contribution in [0.5, 0.6) is 0 Å². The molecule has 0 atom stereocenters. The van der Waals surface area contributed by atoms with Crippen molar-refractivity contribution in [2.45, 2.75) is 206 Å². The Bertz CT molecular complexity index is 1490. The third-order valence-electron chi connectivity index (χ3n) is 12.6. The minimum absolute atomic E-state index is 0.894. The topological polar surface area (TPSA) is 52.0 Å². The molecular weight excluding hydrogens is 701 g/mol. The van der Waals surface area contributed by atoms with Crippen LogP contribution in [0.3, 0.4) is 0 Å². The van der Waals surface area contributed by atoms with Gasteiger partial charge in [-0.05, 0) is 133 Å². The Morgan fingerprint density at radius 1 is 0.276 bits per heavy atom. The average Bonchev–Trinajstić information content (AvgIpc) is 3.23. The fourth-order valence-electron chi connectivity index (χ4n) is 8.81. The van der Waals surface area contributed by atoms with Crippen molar-refractivity contribution in [3.63, 3.8) is 0 Å². The van der Waals surface area contributed by atoms with Gasteiger partial charge in [-0.25, -0.2) is 0 Å². The molecule has 4 aromatic carbocycles. The van der Waals surface area contributed by atoms with E-state index in [-0.39, 0.29) is 0 Å². The van der Waals surface area contributed by atoms with Gasteiger partial charge in [0.15, 0.2) is 0 Å². The van der Waals surface area contributed by atoms with Gasteiger partial charge in [0.2, 0.25) is 0 Å². The number of nitrogens with two attached hydrogens (primary N) is 2. The molecule has 4 aromatic rings. The van der Waals surface area contributed by atoms with E-state index >= 15 is 0 Å². The smallest absolute Gasteiger partial charge is 0.0316 e. The molecule has 0 aliphatic rings. The van der Waals surface area contributed by atoms with Gasteiger partial charge in [-0.1, -0.05) is 203 Å². The zero-order valence-electron chi connectivity index (χ0n) is 37.5. The number of nitrogen functional groups attached to an aromatic ring is 2. The lowest BCUT2D eigenvalue weighted by Crippen LogP contribution is -1.99. The first-order chi connectivity index (χ1) is 28.5. The number of rotatable bonds is 33. The molecular formula is C56H84N2. The molecule has 4 rings (SSSR count). The fourth-order valence-corrected chi connectivity index (χ4v) is 8.81. The van der Waals surface area contributed by atoms with Crippen molar-refractivity contribution in [2.24, 2.45) is 0 Å². The number of benzene rings is 4. The summed E-state index contributed by atoms with van der Waals surface area (Å²) < 4.78 is 0. The summed E-state index contributed by atoms with van der Waals surface area (Å²) in [7, 11) is 0. The summed E-state index contributed by atoms with van der Waals surface area (Å²) in [6, 6.07) is 31.9. The SMILES string of the molecule is CCCCCCc1cc(N)ccc1Cc1ccc(CCCCCCCCCCCCCCCCCCc2ccc(Cc3ccc(N)cc3CCCCCC)cc2)cc1. The third-order valence-corrected chi connectivity index (χ3v) is 12.6. The predicted octanol–water partition coefficient (Wildman–Crippen LogP) is 16.3. The van der Waals surface area contributed by atoms with Gasteiger partial charge in [-0.2, -0.15) is 0 Å². The lowest BCUT2D eigenvalue weighted by Gasteiger charge is -2.12. The van der Waals surface area contributed by atoms with E-state index in [9.17, 15) is 0 Å². The van der Waals surface area contributed by atoms with Gasteiger partial charge in [0.25, 0.3) is 0 Å². The van der Waals surface area contributed by atoms with Gasteiger partial charge in [0.1, 0.15) is 0 Å². The van der Waals surface area contributed by atoms with Gasteiger partial charge in [0.05, 0.1) is 0 Å². The normalized spacial score (nSPS) is 11.4. The van der Waals surface area contributed by atoms with Crippen LogP contribution in [0.2, 0.25) is 0 Å². The van der Waals surface area contributed by atoms with Crippen molar-refractivity contribution in [1.29, 1.82) is 0 Å². The monoisotopic (exact) mass is 785 g/mol. The Morgan fingerprint density at radius 2 is 0.552 bits per heavy atom. The van der Waals surface area contributed by atoms with Crippen LogP contribution in [0.15, 0.2) is 84.9 Å². The first-order valence-corrected chi connectivity index (χ1v) is 24.4. The number of hydrogen-bond acceptors (Lipinski definition) is 2. The van der Waals surface area contributed by atoms with Gasteiger partial charge in [-0.15, -0.1) is 0 Å². The molecule has 0 saturated carbocycles. The van der Waals surface area contributed by atoms with Gasteiger partial charge in [0, 0.05) is 11.4 Å². The second-order valence-corrected chi connectivity index (χ2v) is 17.8. The molecule has 0 spiro atoms. The fraction of sp³-hybridized carbons (Fsp3) is 0.571. The van der Waals surface area contributed by atoms with E-state index in [0.717, 1.165) is 37.1 Å². The molecule has 0 fully saturated rings. The molecule has 2 heteroatoms. The zero-order chi connectivity index (χ0) is 40.9. The van der Waals surface area contributed by atoms with Crippen molar-refractivity contribution in [2.75, 3.05) is 11.5 Å². The van der Waals surface area contributed by atoms with Crippen LogP contribution in [0.25, 0.3) is 0 Å². The quantitative estimate of drug-likeness (QED) is 0.0373. The van der Waals surface area contributed by atoms with Crippen LogP contribution < -0.4 is 11.5 Å². The van der Waals surface area contributed by atoms with E-state index in [2.05, 4.69) is 98.8 Å². The second-order valence-electron chi connectivity index (χ2n) is 17.8. The summed E-state index contributed by atoms with van der Waals surface area (Å²) in [5, 5.41) is 0. The second kappa shape index (κ2) is 29.7. The Hall–Kier alpha value is -3.52.